The van der Waals surface area contributed by atoms with E-state index in [4.69, 9.17) is 5.73 Å². The van der Waals surface area contributed by atoms with Crippen LogP contribution in [0.5, 0.6) is 0 Å². The number of amides is 2. The van der Waals surface area contributed by atoms with E-state index in [-0.39, 0.29) is 23.6 Å². The van der Waals surface area contributed by atoms with Crippen LogP contribution in [0.3, 0.4) is 0 Å². The summed E-state index contributed by atoms with van der Waals surface area (Å²) in [5, 5.41) is 5.66. The van der Waals surface area contributed by atoms with Gasteiger partial charge in [0.1, 0.15) is 5.70 Å². The van der Waals surface area contributed by atoms with Gasteiger partial charge in [0, 0.05) is 13.0 Å². The van der Waals surface area contributed by atoms with Crippen molar-refractivity contribution in [2.45, 2.75) is 38.6 Å². The molecule has 5 nitrogen and oxygen atoms in total. The highest BCUT2D eigenvalue weighted by atomic mass is 16.2. The van der Waals surface area contributed by atoms with Crippen LogP contribution in [0.2, 0.25) is 0 Å². The molecule has 0 bridgehead atoms. The maximum atomic E-state index is 12.5. The third-order valence-electron chi connectivity index (χ3n) is 4.12. The van der Waals surface area contributed by atoms with Gasteiger partial charge in [-0.15, -0.1) is 0 Å². The van der Waals surface area contributed by atoms with E-state index in [2.05, 4.69) is 10.6 Å². The van der Waals surface area contributed by atoms with Gasteiger partial charge in [0.15, 0.2) is 0 Å². The zero-order valence-electron chi connectivity index (χ0n) is 13.5. The molecule has 1 aliphatic rings. The lowest BCUT2D eigenvalue weighted by molar-refractivity contribution is -0.122. The summed E-state index contributed by atoms with van der Waals surface area (Å²) < 4.78 is 0. The second-order valence-corrected chi connectivity index (χ2v) is 6.08. The number of nitrogens with two attached hydrogens (primary N) is 1. The Morgan fingerprint density at radius 3 is 2.65 bits per heavy atom. The molecule has 5 heteroatoms. The highest BCUT2D eigenvalue weighted by Crippen LogP contribution is 2.27. The predicted molar refractivity (Wildman–Crippen MR) is 91.2 cm³/mol. The first kappa shape index (κ1) is 17.2. The Balaban J connectivity index is 2.03. The maximum Gasteiger partial charge on any atom is 0.268 e. The molecular formula is C18H25N3O2. The Hall–Kier alpha value is -2.14. The fourth-order valence-corrected chi connectivity index (χ4v) is 3.03. The summed E-state index contributed by atoms with van der Waals surface area (Å²) in [7, 11) is 0. The molecule has 1 aliphatic carbocycles. The maximum absolute atomic E-state index is 12.5. The molecule has 1 aromatic carbocycles. The highest BCUT2D eigenvalue weighted by Gasteiger charge is 2.26. The minimum atomic E-state index is -0.255. The van der Waals surface area contributed by atoms with Crippen LogP contribution in [0.15, 0.2) is 36.0 Å². The normalized spacial score (nSPS) is 21.0. The molecule has 2 rings (SSSR count). The first-order valence-electron chi connectivity index (χ1n) is 8.13. The largest absolute Gasteiger partial charge is 0.348 e. The molecule has 0 aromatic heterocycles. The molecule has 1 aromatic rings. The topological polar surface area (TPSA) is 84.2 Å². The van der Waals surface area contributed by atoms with Gasteiger partial charge in [-0.3, -0.25) is 9.59 Å². The minimum Gasteiger partial charge on any atom is -0.348 e. The Bertz CT molecular complexity index is 569. The zero-order chi connectivity index (χ0) is 16.7. The molecule has 2 atom stereocenters. The van der Waals surface area contributed by atoms with Gasteiger partial charge in [0.25, 0.3) is 5.91 Å². The zero-order valence-corrected chi connectivity index (χ0v) is 13.5. The van der Waals surface area contributed by atoms with Crippen LogP contribution >= 0.6 is 0 Å². The molecule has 124 valence electrons. The summed E-state index contributed by atoms with van der Waals surface area (Å²) in [6.45, 7) is 2.09. The summed E-state index contributed by atoms with van der Waals surface area (Å²) >= 11 is 0. The van der Waals surface area contributed by atoms with E-state index >= 15 is 0 Å². The SMILES string of the molecule is CC(=O)N/C(=C\c1ccccc1)C(=O)NC1CCC(CCN)C1. The first-order valence-corrected chi connectivity index (χ1v) is 8.13. The van der Waals surface area contributed by atoms with Crippen molar-refractivity contribution in [1.29, 1.82) is 0 Å². The van der Waals surface area contributed by atoms with Crippen molar-refractivity contribution in [3.05, 3.63) is 41.6 Å². The Labute approximate surface area is 137 Å². The lowest BCUT2D eigenvalue weighted by Crippen LogP contribution is -2.39. The average Bonchev–Trinajstić information content (AvgIpc) is 2.95. The molecule has 0 heterocycles. The van der Waals surface area contributed by atoms with Gasteiger partial charge in [-0.2, -0.15) is 0 Å². The van der Waals surface area contributed by atoms with Gasteiger partial charge >= 0.3 is 0 Å². The van der Waals surface area contributed by atoms with Gasteiger partial charge in [0.05, 0.1) is 0 Å². The fourth-order valence-electron chi connectivity index (χ4n) is 3.03. The van der Waals surface area contributed by atoms with Gasteiger partial charge in [0.2, 0.25) is 5.91 Å². The monoisotopic (exact) mass is 315 g/mol. The number of nitrogens with one attached hydrogen (secondary N) is 2. The standard InChI is InChI=1S/C18H25N3O2/c1-13(22)20-17(12-14-5-3-2-4-6-14)18(23)21-16-8-7-15(11-16)9-10-19/h2-6,12,15-16H,7-11,19H2,1H3,(H,20,22)(H,21,23)/b17-12-. The van der Waals surface area contributed by atoms with E-state index in [9.17, 15) is 9.59 Å². The fraction of sp³-hybridized carbons (Fsp3) is 0.444. The summed E-state index contributed by atoms with van der Waals surface area (Å²) in [4.78, 5) is 23.9. The molecule has 2 amide bonds. The van der Waals surface area contributed by atoms with E-state index in [1.807, 2.05) is 30.3 Å². The highest BCUT2D eigenvalue weighted by molar-refractivity contribution is 6.01. The first-order chi connectivity index (χ1) is 11.1. The van der Waals surface area contributed by atoms with Crippen molar-refractivity contribution in [3.8, 4) is 0 Å². The number of benzene rings is 1. The molecule has 2 unspecified atom stereocenters. The number of carbonyl (C=O) groups excluding carboxylic acids is 2. The number of hydrogen-bond acceptors (Lipinski definition) is 3. The lowest BCUT2D eigenvalue weighted by atomic mass is 10.0. The molecule has 0 aliphatic heterocycles. The van der Waals surface area contributed by atoms with E-state index < -0.39 is 0 Å². The van der Waals surface area contributed by atoms with Gasteiger partial charge in [-0.1, -0.05) is 30.3 Å². The Kier molecular flexibility index (Phi) is 6.35. The molecule has 1 saturated carbocycles. The van der Waals surface area contributed by atoms with Crippen molar-refractivity contribution in [3.63, 3.8) is 0 Å². The Morgan fingerprint density at radius 2 is 2.00 bits per heavy atom. The van der Waals surface area contributed by atoms with Crippen molar-refractivity contribution in [2.75, 3.05) is 6.54 Å². The van der Waals surface area contributed by atoms with Gasteiger partial charge in [-0.05, 0) is 49.8 Å². The molecule has 1 fully saturated rings. The molecule has 0 saturated heterocycles. The van der Waals surface area contributed by atoms with Crippen LogP contribution in [-0.4, -0.2) is 24.4 Å². The van der Waals surface area contributed by atoms with Gasteiger partial charge < -0.3 is 16.4 Å². The molecular weight excluding hydrogens is 290 g/mol. The summed E-state index contributed by atoms with van der Waals surface area (Å²) in [5.74, 6) is 0.102. The number of rotatable bonds is 6. The molecule has 23 heavy (non-hydrogen) atoms. The van der Waals surface area contributed by atoms with E-state index in [1.54, 1.807) is 6.08 Å². The van der Waals surface area contributed by atoms with Crippen LogP contribution in [-0.2, 0) is 9.59 Å². The second-order valence-electron chi connectivity index (χ2n) is 6.08. The van der Waals surface area contributed by atoms with Crippen molar-refractivity contribution in [2.24, 2.45) is 11.7 Å². The molecule has 0 spiro atoms. The third kappa shape index (κ3) is 5.53. The van der Waals surface area contributed by atoms with Crippen molar-refractivity contribution < 1.29 is 9.59 Å². The van der Waals surface area contributed by atoms with Crippen LogP contribution in [0, 0.1) is 5.92 Å². The van der Waals surface area contributed by atoms with E-state index in [1.165, 1.54) is 6.92 Å². The van der Waals surface area contributed by atoms with Crippen LogP contribution in [0.25, 0.3) is 6.08 Å². The molecule has 4 N–H and O–H groups in total. The third-order valence-corrected chi connectivity index (χ3v) is 4.12. The smallest absolute Gasteiger partial charge is 0.268 e. The minimum absolute atomic E-state index is 0.159. The van der Waals surface area contributed by atoms with Crippen molar-refractivity contribution in [1.82, 2.24) is 10.6 Å². The molecule has 0 radical (unpaired) electrons. The second kappa shape index (κ2) is 8.48. The average molecular weight is 315 g/mol. The number of hydrogen-bond donors (Lipinski definition) is 3. The summed E-state index contributed by atoms with van der Waals surface area (Å²) in [6.07, 6.45) is 5.73. The van der Waals surface area contributed by atoms with E-state index in [0.717, 1.165) is 31.2 Å². The van der Waals surface area contributed by atoms with Crippen LogP contribution in [0.1, 0.15) is 38.2 Å². The van der Waals surface area contributed by atoms with Crippen molar-refractivity contribution >= 4 is 17.9 Å². The summed E-state index contributed by atoms with van der Waals surface area (Å²) in [5.41, 5.74) is 6.76. The number of carbonyl (C=O) groups is 2. The van der Waals surface area contributed by atoms with E-state index in [0.29, 0.717) is 12.5 Å². The van der Waals surface area contributed by atoms with Crippen LogP contribution in [0.4, 0.5) is 0 Å². The van der Waals surface area contributed by atoms with Crippen LogP contribution < -0.4 is 16.4 Å². The quantitative estimate of drug-likeness (QED) is 0.700. The predicted octanol–water partition coefficient (Wildman–Crippen LogP) is 1.80. The Morgan fingerprint density at radius 1 is 1.26 bits per heavy atom. The lowest BCUT2D eigenvalue weighted by Gasteiger charge is -2.15. The summed E-state index contributed by atoms with van der Waals surface area (Å²) in [6, 6.07) is 9.63. The van der Waals surface area contributed by atoms with Gasteiger partial charge in [-0.25, -0.2) is 0 Å².